The van der Waals surface area contributed by atoms with E-state index >= 15 is 0 Å². The first kappa shape index (κ1) is 17.3. The quantitative estimate of drug-likeness (QED) is 0.827. The number of piperidine rings is 1. The summed E-state index contributed by atoms with van der Waals surface area (Å²) in [5.74, 6) is 0.284. The summed E-state index contributed by atoms with van der Waals surface area (Å²) in [5, 5.41) is 0. The van der Waals surface area contributed by atoms with Crippen molar-refractivity contribution in [2.24, 2.45) is 5.41 Å². The van der Waals surface area contributed by atoms with Crippen LogP contribution in [0.15, 0.2) is 60.7 Å². The molecule has 2 aliphatic rings. The fourth-order valence-electron chi connectivity index (χ4n) is 4.42. The summed E-state index contributed by atoms with van der Waals surface area (Å²) in [6.45, 7) is 5.43. The predicted octanol–water partition coefficient (Wildman–Crippen LogP) is 3.40. The second-order valence-electron chi connectivity index (χ2n) is 7.99. The summed E-state index contributed by atoms with van der Waals surface area (Å²) in [7, 11) is 0. The molecule has 0 atom stereocenters. The number of carbonyl (C=O) groups is 1. The van der Waals surface area contributed by atoms with Crippen molar-refractivity contribution in [3.63, 3.8) is 0 Å². The molecule has 0 bridgehead atoms. The Morgan fingerprint density at radius 3 is 2.04 bits per heavy atom. The molecule has 2 aromatic carbocycles. The Morgan fingerprint density at radius 1 is 0.846 bits per heavy atom. The minimum absolute atomic E-state index is 0.284. The van der Waals surface area contributed by atoms with Gasteiger partial charge in [-0.1, -0.05) is 60.7 Å². The third-order valence-electron chi connectivity index (χ3n) is 6.05. The van der Waals surface area contributed by atoms with Gasteiger partial charge < -0.3 is 9.80 Å². The van der Waals surface area contributed by atoms with E-state index in [1.54, 1.807) is 0 Å². The zero-order chi connectivity index (χ0) is 17.8. The van der Waals surface area contributed by atoms with Gasteiger partial charge in [0.2, 0.25) is 5.91 Å². The molecule has 2 aromatic rings. The summed E-state index contributed by atoms with van der Waals surface area (Å²) in [6.07, 6.45) is 4.00. The Bertz CT molecular complexity index is 712. The van der Waals surface area contributed by atoms with Crippen molar-refractivity contribution >= 4 is 5.91 Å². The highest BCUT2D eigenvalue weighted by molar-refractivity contribution is 5.78. The van der Waals surface area contributed by atoms with Gasteiger partial charge in [-0.15, -0.1) is 0 Å². The molecule has 1 spiro atoms. The largest absolute Gasteiger partial charge is 0.342 e. The van der Waals surface area contributed by atoms with Crippen molar-refractivity contribution in [1.29, 1.82) is 0 Å². The second kappa shape index (κ2) is 7.63. The number of carbonyl (C=O) groups excluding carboxylic acids is 1. The standard InChI is InChI=1S/C23H28N2O/c26-22(17-21-9-5-2-6-10-21)25-15-12-23(13-16-25)18-24(19-23)14-11-20-7-3-1-4-8-20/h1-10H,11-19H2. The SMILES string of the molecule is O=C(Cc1ccccc1)N1CCC2(CC1)CN(CCc1ccccc1)C2. The Labute approximate surface area is 156 Å². The minimum atomic E-state index is 0.284. The number of nitrogens with zero attached hydrogens (tertiary/aromatic N) is 2. The van der Waals surface area contributed by atoms with Gasteiger partial charge in [-0.25, -0.2) is 0 Å². The maximum absolute atomic E-state index is 12.5. The molecule has 3 nitrogen and oxygen atoms in total. The third-order valence-corrected chi connectivity index (χ3v) is 6.05. The lowest BCUT2D eigenvalue weighted by Gasteiger charge is -2.54. The smallest absolute Gasteiger partial charge is 0.226 e. The van der Waals surface area contributed by atoms with Gasteiger partial charge in [-0.05, 0) is 35.8 Å². The lowest BCUT2D eigenvalue weighted by molar-refractivity contribution is -0.135. The molecule has 0 aromatic heterocycles. The van der Waals surface area contributed by atoms with Gasteiger partial charge in [-0.3, -0.25) is 4.79 Å². The number of benzene rings is 2. The van der Waals surface area contributed by atoms with Crippen molar-refractivity contribution in [2.75, 3.05) is 32.7 Å². The van der Waals surface area contributed by atoms with Crippen molar-refractivity contribution in [2.45, 2.75) is 25.7 Å². The highest BCUT2D eigenvalue weighted by Crippen LogP contribution is 2.40. The fourth-order valence-corrected chi connectivity index (χ4v) is 4.42. The average Bonchev–Trinajstić information content (AvgIpc) is 2.66. The molecule has 0 aliphatic carbocycles. The Hall–Kier alpha value is -2.13. The van der Waals surface area contributed by atoms with E-state index in [1.165, 1.54) is 18.7 Å². The number of rotatable bonds is 5. The molecule has 4 rings (SSSR count). The Morgan fingerprint density at radius 2 is 1.42 bits per heavy atom. The van der Waals surface area contributed by atoms with Gasteiger partial charge in [-0.2, -0.15) is 0 Å². The van der Waals surface area contributed by atoms with Crippen LogP contribution in [-0.2, 0) is 17.6 Å². The van der Waals surface area contributed by atoms with Crippen LogP contribution in [0.3, 0.4) is 0 Å². The molecule has 26 heavy (non-hydrogen) atoms. The van der Waals surface area contributed by atoms with Crippen LogP contribution in [0, 0.1) is 5.41 Å². The van der Waals surface area contributed by atoms with Gasteiger partial charge in [0.15, 0.2) is 0 Å². The molecule has 2 saturated heterocycles. The van der Waals surface area contributed by atoms with E-state index in [1.807, 2.05) is 30.3 Å². The van der Waals surface area contributed by atoms with Gasteiger partial charge in [0.05, 0.1) is 6.42 Å². The van der Waals surface area contributed by atoms with Crippen molar-refractivity contribution in [1.82, 2.24) is 9.80 Å². The molecule has 1 amide bonds. The molecule has 0 radical (unpaired) electrons. The summed E-state index contributed by atoms with van der Waals surface area (Å²) in [6, 6.07) is 20.8. The van der Waals surface area contributed by atoms with Crippen LogP contribution < -0.4 is 0 Å². The molecule has 2 aliphatic heterocycles. The Kier molecular flexibility index (Phi) is 5.07. The maximum Gasteiger partial charge on any atom is 0.226 e. The molecular weight excluding hydrogens is 320 g/mol. The summed E-state index contributed by atoms with van der Waals surface area (Å²) >= 11 is 0. The molecule has 3 heteroatoms. The molecular formula is C23H28N2O. The van der Waals surface area contributed by atoms with Crippen LogP contribution in [0.25, 0.3) is 0 Å². The molecule has 0 unspecified atom stereocenters. The Balaban J connectivity index is 1.20. The van der Waals surface area contributed by atoms with Crippen LogP contribution in [-0.4, -0.2) is 48.4 Å². The maximum atomic E-state index is 12.5. The highest BCUT2D eigenvalue weighted by Gasteiger charge is 2.44. The van der Waals surface area contributed by atoms with Crippen LogP contribution >= 0.6 is 0 Å². The topological polar surface area (TPSA) is 23.6 Å². The van der Waals surface area contributed by atoms with Crippen molar-refractivity contribution in [3.8, 4) is 0 Å². The van der Waals surface area contributed by atoms with E-state index in [2.05, 4.69) is 40.1 Å². The molecule has 0 saturated carbocycles. The van der Waals surface area contributed by atoms with E-state index in [0.717, 1.165) is 44.5 Å². The zero-order valence-electron chi connectivity index (χ0n) is 15.4. The number of hydrogen-bond acceptors (Lipinski definition) is 2. The molecule has 0 N–H and O–H groups in total. The summed E-state index contributed by atoms with van der Waals surface area (Å²) < 4.78 is 0. The van der Waals surface area contributed by atoms with Crippen LogP contribution in [0.1, 0.15) is 24.0 Å². The lowest BCUT2D eigenvalue weighted by Crippen LogP contribution is -2.61. The fraction of sp³-hybridized carbons (Fsp3) is 0.435. The molecule has 2 heterocycles. The zero-order valence-corrected chi connectivity index (χ0v) is 15.4. The van der Waals surface area contributed by atoms with Crippen LogP contribution in [0.4, 0.5) is 0 Å². The summed E-state index contributed by atoms with van der Waals surface area (Å²) in [5.41, 5.74) is 3.02. The monoisotopic (exact) mass is 348 g/mol. The normalized spacial score (nSPS) is 19.3. The van der Waals surface area contributed by atoms with Crippen molar-refractivity contribution in [3.05, 3.63) is 71.8 Å². The highest BCUT2D eigenvalue weighted by atomic mass is 16.2. The van der Waals surface area contributed by atoms with E-state index in [0.29, 0.717) is 11.8 Å². The average molecular weight is 348 g/mol. The predicted molar refractivity (Wildman–Crippen MR) is 105 cm³/mol. The van der Waals surface area contributed by atoms with Crippen LogP contribution in [0.5, 0.6) is 0 Å². The lowest BCUT2D eigenvalue weighted by atomic mass is 9.72. The first-order valence-corrected chi connectivity index (χ1v) is 9.81. The minimum Gasteiger partial charge on any atom is -0.342 e. The summed E-state index contributed by atoms with van der Waals surface area (Å²) in [4.78, 5) is 17.2. The van der Waals surface area contributed by atoms with Gasteiger partial charge in [0, 0.05) is 32.7 Å². The molecule has 2 fully saturated rings. The van der Waals surface area contributed by atoms with Gasteiger partial charge >= 0.3 is 0 Å². The first-order valence-electron chi connectivity index (χ1n) is 9.81. The first-order chi connectivity index (χ1) is 12.7. The number of likely N-dealkylation sites (tertiary alicyclic amines) is 2. The van der Waals surface area contributed by atoms with Gasteiger partial charge in [0.1, 0.15) is 0 Å². The van der Waals surface area contributed by atoms with Crippen molar-refractivity contribution < 1.29 is 4.79 Å². The second-order valence-corrected chi connectivity index (χ2v) is 7.99. The number of hydrogen-bond donors (Lipinski definition) is 0. The van der Waals surface area contributed by atoms with Gasteiger partial charge in [0.25, 0.3) is 0 Å². The van der Waals surface area contributed by atoms with Crippen LogP contribution in [0.2, 0.25) is 0 Å². The van der Waals surface area contributed by atoms with E-state index in [9.17, 15) is 4.79 Å². The third kappa shape index (κ3) is 3.99. The van der Waals surface area contributed by atoms with E-state index in [-0.39, 0.29) is 5.91 Å². The van der Waals surface area contributed by atoms with E-state index in [4.69, 9.17) is 0 Å². The number of amides is 1. The van der Waals surface area contributed by atoms with E-state index < -0.39 is 0 Å². The molecule has 136 valence electrons.